The molecule has 0 bridgehead atoms. The van der Waals surface area contributed by atoms with Crippen molar-refractivity contribution in [3.05, 3.63) is 53.9 Å². The highest BCUT2D eigenvalue weighted by atomic mass is 32.1. The Labute approximate surface area is 209 Å². The summed E-state index contributed by atoms with van der Waals surface area (Å²) in [4.78, 5) is 32.4. The van der Waals surface area contributed by atoms with E-state index in [1.165, 1.54) is 4.90 Å². The molecular formula is C28H30N2O4S. The number of aromatic nitrogens is 1. The first kappa shape index (κ1) is 23.5. The van der Waals surface area contributed by atoms with Gasteiger partial charge in [-0.3, -0.25) is 14.5 Å². The lowest BCUT2D eigenvalue weighted by Crippen LogP contribution is -2.48. The third-order valence-corrected chi connectivity index (χ3v) is 7.69. The number of anilines is 1. The Bertz CT molecular complexity index is 1200. The van der Waals surface area contributed by atoms with Crippen molar-refractivity contribution in [1.82, 2.24) is 4.98 Å². The highest BCUT2D eigenvalue weighted by Gasteiger charge is 2.35. The molecule has 6 nitrogen and oxygen atoms in total. The number of hydrogen-bond acceptors (Lipinski definition) is 6. The molecule has 0 radical (unpaired) electrons. The van der Waals surface area contributed by atoms with Crippen LogP contribution in [0.25, 0.3) is 21.8 Å². The zero-order valence-corrected chi connectivity index (χ0v) is 20.9. The number of hydrogen-bond donors (Lipinski definition) is 0. The highest BCUT2D eigenvalue weighted by Crippen LogP contribution is 2.39. The zero-order chi connectivity index (χ0) is 24.4. The molecule has 1 atom stereocenters. The molecule has 1 aliphatic carbocycles. The van der Waals surface area contributed by atoms with E-state index in [2.05, 4.69) is 6.92 Å². The van der Waals surface area contributed by atoms with Gasteiger partial charge in [-0.1, -0.05) is 44.2 Å². The van der Waals surface area contributed by atoms with Gasteiger partial charge in [0.15, 0.2) is 6.10 Å². The lowest BCUT2D eigenvalue weighted by atomic mass is 9.89. The molecule has 7 heteroatoms. The third-order valence-electron chi connectivity index (χ3n) is 6.80. The summed E-state index contributed by atoms with van der Waals surface area (Å²) < 4.78 is 11.7. The van der Waals surface area contributed by atoms with Gasteiger partial charge in [0.25, 0.3) is 5.91 Å². The Morgan fingerprint density at radius 1 is 1.11 bits per heavy atom. The summed E-state index contributed by atoms with van der Waals surface area (Å²) in [6.45, 7) is 4.02. The Morgan fingerprint density at radius 2 is 1.89 bits per heavy atom. The predicted octanol–water partition coefficient (Wildman–Crippen LogP) is 6.10. The minimum absolute atomic E-state index is 0.0611. The van der Waals surface area contributed by atoms with Gasteiger partial charge < -0.3 is 9.47 Å². The first-order valence-electron chi connectivity index (χ1n) is 12.3. The van der Waals surface area contributed by atoms with Crippen molar-refractivity contribution >= 4 is 28.9 Å². The molecule has 35 heavy (non-hydrogen) atoms. The van der Waals surface area contributed by atoms with Crippen molar-refractivity contribution in [1.29, 1.82) is 0 Å². The van der Waals surface area contributed by atoms with Gasteiger partial charge >= 0.3 is 5.97 Å². The molecule has 1 aromatic heterocycles. The number of nitrogens with zero attached hydrogens (tertiary/aromatic N) is 2. The largest absolute Gasteiger partial charge is 0.478 e. The normalized spacial score (nSPS) is 21.8. The van der Waals surface area contributed by atoms with Crippen LogP contribution in [0, 0.1) is 5.92 Å². The van der Waals surface area contributed by atoms with E-state index in [1.807, 2.05) is 60.8 Å². The van der Waals surface area contributed by atoms with E-state index in [0.29, 0.717) is 23.8 Å². The van der Waals surface area contributed by atoms with Crippen molar-refractivity contribution in [3.63, 3.8) is 0 Å². The van der Waals surface area contributed by atoms with E-state index in [9.17, 15) is 9.59 Å². The SMILES string of the molecule is CCC1Oc2ccc(-c3csc(-c4ccccc4)n3)cc2N(CC(=O)OC2CCC(C)CC2)C1=O. The Morgan fingerprint density at radius 3 is 2.63 bits per heavy atom. The molecule has 2 heterocycles. The second-order valence-corrected chi connectivity index (χ2v) is 10.3. The van der Waals surface area contributed by atoms with Gasteiger partial charge in [-0.25, -0.2) is 4.98 Å². The van der Waals surface area contributed by atoms with E-state index in [4.69, 9.17) is 14.5 Å². The van der Waals surface area contributed by atoms with Crippen LogP contribution in [-0.2, 0) is 14.3 Å². The Balaban J connectivity index is 1.39. The molecule has 1 fully saturated rings. The van der Waals surface area contributed by atoms with E-state index in [1.54, 1.807) is 11.3 Å². The molecule has 2 aromatic carbocycles. The Hall–Kier alpha value is -3.19. The molecule has 3 aromatic rings. The second kappa shape index (κ2) is 10.2. The number of amides is 1. The van der Waals surface area contributed by atoms with Crippen LogP contribution in [0.2, 0.25) is 0 Å². The predicted molar refractivity (Wildman–Crippen MR) is 138 cm³/mol. The molecular weight excluding hydrogens is 460 g/mol. The van der Waals surface area contributed by atoms with Crippen LogP contribution < -0.4 is 9.64 Å². The fourth-order valence-corrected chi connectivity index (χ4v) is 5.56. The van der Waals surface area contributed by atoms with Crippen molar-refractivity contribution < 1.29 is 19.1 Å². The van der Waals surface area contributed by atoms with Crippen LogP contribution in [-0.4, -0.2) is 35.6 Å². The number of fused-ring (bicyclic) bond motifs is 1. The van der Waals surface area contributed by atoms with Crippen molar-refractivity contribution in [2.45, 2.75) is 58.2 Å². The number of carbonyl (C=O) groups excluding carboxylic acids is 2. The molecule has 2 aliphatic rings. The molecule has 1 aliphatic heterocycles. The van der Waals surface area contributed by atoms with Gasteiger partial charge in [0.05, 0.1) is 11.4 Å². The highest BCUT2D eigenvalue weighted by molar-refractivity contribution is 7.13. The summed E-state index contributed by atoms with van der Waals surface area (Å²) in [5, 5.41) is 2.94. The average molecular weight is 491 g/mol. The number of rotatable bonds is 6. The molecule has 1 unspecified atom stereocenters. The first-order valence-corrected chi connectivity index (χ1v) is 13.2. The summed E-state index contributed by atoms with van der Waals surface area (Å²) in [6.07, 6.45) is 3.76. The standard InChI is InChI=1S/C28H30N2O4S/c1-3-24-28(32)30(16-26(31)33-21-12-9-18(2)10-13-21)23-15-20(11-14-25(23)34-24)22-17-35-27(29-22)19-7-5-4-6-8-19/h4-8,11,14-15,17-18,21,24H,3,9-10,12-13,16H2,1-2H3. The number of thiazole rings is 1. The van der Waals surface area contributed by atoms with E-state index in [-0.39, 0.29) is 24.5 Å². The lowest BCUT2D eigenvalue weighted by Gasteiger charge is -2.34. The van der Waals surface area contributed by atoms with Gasteiger partial charge in [0.2, 0.25) is 0 Å². The maximum Gasteiger partial charge on any atom is 0.326 e. The fourth-order valence-electron chi connectivity index (χ4n) is 4.72. The van der Waals surface area contributed by atoms with Crippen LogP contribution >= 0.6 is 11.3 Å². The number of benzene rings is 2. The van der Waals surface area contributed by atoms with E-state index in [0.717, 1.165) is 47.5 Å². The van der Waals surface area contributed by atoms with Crippen LogP contribution in [0.4, 0.5) is 5.69 Å². The maximum absolute atomic E-state index is 13.2. The summed E-state index contributed by atoms with van der Waals surface area (Å²) in [5.41, 5.74) is 3.34. The summed E-state index contributed by atoms with van der Waals surface area (Å²) in [7, 11) is 0. The van der Waals surface area contributed by atoms with Crippen LogP contribution in [0.3, 0.4) is 0 Å². The van der Waals surface area contributed by atoms with Gasteiger partial charge in [0.1, 0.15) is 23.4 Å². The number of ether oxygens (including phenoxy) is 2. The molecule has 5 rings (SSSR count). The average Bonchev–Trinajstić information content (AvgIpc) is 3.38. The molecule has 0 N–H and O–H groups in total. The van der Waals surface area contributed by atoms with Crippen molar-refractivity contribution in [3.8, 4) is 27.6 Å². The molecule has 182 valence electrons. The Kier molecular flexibility index (Phi) is 6.86. The lowest BCUT2D eigenvalue weighted by molar-refractivity contribution is -0.150. The van der Waals surface area contributed by atoms with Crippen molar-refractivity contribution in [2.24, 2.45) is 5.92 Å². The molecule has 1 amide bonds. The monoisotopic (exact) mass is 490 g/mol. The molecule has 1 saturated carbocycles. The fraction of sp³-hybridized carbons (Fsp3) is 0.393. The van der Waals surface area contributed by atoms with E-state index >= 15 is 0 Å². The molecule has 0 spiro atoms. The van der Waals surface area contributed by atoms with Crippen LogP contribution in [0.1, 0.15) is 46.0 Å². The smallest absolute Gasteiger partial charge is 0.326 e. The minimum Gasteiger partial charge on any atom is -0.478 e. The minimum atomic E-state index is -0.611. The number of esters is 1. The summed E-state index contributed by atoms with van der Waals surface area (Å²) in [6, 6.07) is 15.7. The summed E-state index contributed by atoms with van der Waals surface area (Å²) in [5.74, 6) is 0.688. The van der Waals surface area contributed by atoms with Crippen LogP contribution in [0.5, 0.6) is 5.75 Å². The number of carbonyl (C=O) groups is 2. The topological polar surface area (TPSA) is 68.7 Å². The zero-order valence-electron chi connectivity index (χ0n) is 20.1. The first-order chi connectivity index (χ1) is 17.0. The third kappa shape index (κ3) is 5.10. The van der Waals surface area contributed by atoms with Gasteiger partial charge in [0, 0.05) is 16.5 Å². The van der Waals surface area contributed by atoms with Gasteiger partial charge in [-0.15, -0.1) is 11.3 Å². The van der Waals surface area contributed by atoms with E-state index < -0.39 is 6.10 Å². The van der Waals surface area contributed by atoms with Crippen LogP contribution in [0.15, 0.2) is 53.9 Å². The van der Waals surface area contributed by atoms with Crippen molar-refractivity contribution in [2.75, 3.05) is 11.4 Å². The molecule has 0 saturated heterocycles. The van der Waals surface area contributed by atoms with Gasteiger partial charge in [-0.2, -0.15) is 0 Å². The summed E-state index contributed by atoms with van der Waals surface area (Å²) >= 11 is 1.57. The quantitative estimate of drug-likeness (QED) is 0.390. The second-order valence-electron chi connectivity index (χ2n) is 9.40. The maximum atomic E-state index is 13.2. The van der Waals surface area contributed by atoms with Gasteiger partial charge in [-0.05, 0) is 56.2 Å².